The molecule has 1 aliphatic heterocycles. The Morgan fingerprint density at radius 2 is 1.91 bits per heavy atom. The summed E-state index contributed by atoms with van der Waals surface area (Å²) in [5.74, 6) is 1.83. The summed E-state index contributed by atoms with van der Waals surface area (Å²) in [5, 5.41) is 9.19. The van der Waals surface area contributed by atoms with Crippen LogP contribution in [0.5, 0.6) is 11.5 Å². The van der Waals surface area contributed by atoms with Crippen molar-refractivity contribution in [1.29, 1.82) is 0 Å². The summed E-state index contributed by atoms with van der Waals surface area (Å²) in [6.45, 7) is 3.36. The fourth-order valence-corrected chi connectivity index (χ4v) is 4.80. The molecule has 1 aromatic heterocycles. The third-order valence-corrected chi connectivity index (χ3v) is 6.67. The number of carbonyl (C=O) groups is 1. The molecule has 33 heavy (non-hydrogen) atoms. The average Bonchev–Trinajstić information content (AvgIpc) is 3.60. The van der Waals surface area contributed by atoms with Crippen LogP contribution in [0.2, 0.25) is 0 Å². The van der Waals surface area contributed by atoms with Gasteiger partial charge in [0.1, 0.15) is 12.4 Å². The van der Waals surface area contributed by atoms with Crippen molar-refractivity contribution in [2.75, 3.05) is 25.4 Å². The Hall–Kier alpha value is -3.07. The van der Waals surface area contributed by atoms with Gasteiger partial charge in [0.15, 0.2) is 28.6 Å². The number of rotatable bonds is 8. The highest BCUT2D eigenvalue weighted by atomic mass is 32.2. The van der Waals surface area contributed by atoms with E-state index in [2.05, 4.69) is 10.2 Å². The molecular weight excluding hydrogens is 443 g/mol. The van der Waals surface area contributed by atoms with E-state index in [0.717, 1.165) is 18.6 Å². The summed E-state index contributed by atoms with van der Waals surface area (Å²) >= 11 is 1.34. The molecule has 0 unspecified atom stereocenters. The number of halogens is 1. The summed E-state index contributed by atoms with van der Waals surface area (Å²) in [4.78, 5) is 14.8. The largest absolute Gasteiger partial charge is 0.486 e. The minimum absolute atomic E-state index is 0.0113. The predicted molar refractivity (Wildman–Crippen MR) is 123 cm³/mol. The van der Waals surface area contributed by atoms with Crippen molar-refractivity contribution in [2.24, 2.45) is 0 Å². The lowest BCUT2D eigenvalue weighted by molar-refractivity contribution is -0.129. The van der Waals surface area contributed by atoms with Crippen LogP contribution in [0.25, 0.3) is 11.4 Å². The number of nitrogens with zero attached hydrogens (tertiary/aromatic N) is 4. The average molecular weight is 469 g/mol. The van der Waals surface area contributed by atoms with Crippen molar-refractivity contribution in [3.8, 4) is 22.9 Å². The number of ether oxygens (including phenoxy) is 2. The molecule has 7 nitrogen and oxygen atoms in total. The number of para-hydroxylation sites is 2. The van der Waals surface area contributed by atoms with Gasteiger partial charge in [0.25, 0.3) is 0 Å². The molecule has 1 amide bonds. The molecule has 2 heterocycles. The molecule has 2 aliphatic rings. The van der Waals surface area contributed by atoms with E-state index in [1.165, 1.54) is 17.8 Å². The second-order valence-electron chi connectivity index (χ2n) is 8.11. The molecule has 0 radical (unpaired) electrons. The molecule has 5 rings (SSSR count). The van der Waals surface area contributed by atoms with Gasteiger partial charge < -0.3 is 14.4 Å². The van der Waals surface area contributed by atoms with Crippen molar-refractivity contribution in [1.82, 2.24) is 19.7 Å². The fraction of sp³-hybridized carbons (Fsp3) is 0.375. The molecule has 3 aromatic rings. The van der Waals surface area contributed by atoms with Crippen molar-refractivity contribution in [3.05, 3.63) is 54.3 Å². The number of carbonyl (C=O) groups excluding carboxylic acids is 1. The number of aromatic nitrogens is 3. The maximum absolute atomic E-state index is 14.4. The molecule has 0 N–H and O–H groups in total. The Morgan fingerprint density at radius 1 is 1.15 bits per heavy atom. The highest BCUT2D eigenvalue weighted by Gasteiger charge is 2.31. The highest BCUT2D eigenvalue weighted by molar-refractivity contribution is 7.99. The summed E-state index contributed by atoms with van der Waals surface area (Å²) in [5.41, 5.74) is 0.431. The molecular formula is C24H25FN4O3S. The molecule has 1 aliphatic carbocycles. The lowest BCUT2D eigenvalue weighted by Gasteiger charge is -2.30. The Balaban J connectivity index is 1.25. The normalized spacial score (nSPS) is 17.1. The number of hydrogen-bond acceptors (Lipinski definition) is 6. The number of fused-ring (bicyclic) bond motifs is 1. The molecule has 2 aromatic carbocycles. The maximum atomic E-state index is 14.4. The van der Waals surface area contributed by atoms with Crippen LogP contribution in [-0.4, -0.2) is 57.1 Å². The van der Waals surface area contributed by atoms with Crippen LogP contribution in [0.15, 0.2) is 53.7 Å². The highest BCUT2D eigenvalue weighted by Crippen LogP contribution is 2.41. The lowest BCUT2D eigenvalue weighted by Crippen LogP contribution is -2.44. The van der Waals surface area contributed by atoms with Crippen LogP contribution in [0.3, 0.4) is 0 Å². The van der Waals surface area contributed by atoms with Gasteiger partial charge in [-0.05, 0) is 44.0 Å². The van der Waals surface area contributed by atoms with Gasteiger partial charge in [0.05, 0.1) is 17.9 Å². The van der Waals surface area contributed by atoms with Crippen molar-refractivity contribution in [3.63, 3.8) is 0 Å². The van der Waals surface area contributed by atoms with Crippen molar-refractivity contribution < 1.29 is 18.7 Å². The van der Waals surface area contributed by atoms with Gasteiger partial charge in [-0.15, -0.1) is 10.2 Å². The molecule has 1 atom stereocenters. The van der Waals surface area contributed by atoms with E-state index >= 15 is 0 Å². The first-order valence-corrected chi connectivity index (χ1v) is 12.1. The van der Waals surface area contributed by atoms with Gasteiger partial charge in [0, 0.05) is 12.6 Å². The smallest absolute Gasteiger partial charge is 0.233 e. The van der Waals surface area contributed by atoms with E-state index in [9.17, 15) is 9.18 Å². The number of thioether (sulfide) groups is 1. The topological polar surface area (TPSA) is 69.5 Å². The second-order valence-corrected chi connectivity index (χ2v) is 9.05. The van der Waals surface area contributed by atoms with Gasteiger partial charge in [-0.1, -0.05) is 36.0 Å². The van der Waals surface area contributed by atoms with Gasteiger partial charge in [-0.25, -0.2) is 4.39 Å². The number of amides is 1. The van der Waals surface area contributed by atoms with E-state index in [4.69, 9.17) is 9.47 Å². The molecule has 1 fully saturated rings. The van der Waals surface area contributed by atoms with Crippen LogP contribution in [0.4, 0.5) is 4.39 Å². The molecule has 0 spiro atoms. The summed E-state index contributed by atoms with van der Waals surface area (Å²) < 4.78 is 28.1. The molecule has 0 saturated heterocycles. The third-order valence-electron chi connectivity index (χ3n) is 5.74. The summed E-state index contributed by atoms with van der Waals surface area (Å²) in [6.07, 6.45) is 1.78. The Labute approximate surface area is 195 Å². The zero-order valence-corrected chi connectivity index (χ0v) is 19.1. The number of benzene rings is 2. The van der Waals surface area contributed by atoms with Crippen LogP contribution in [0.1, 0.15) is 25.8 Å². The van der Waals surface area contributed by atoms with Gasteiger partial charge >= 0.3 is 0 Å². The first-order chi connectivity index (χ1) is 16.1. The van der Waals surface area contributed by atoms with E-state index < -0.39 is 0 Å². The van der Waals surface area contributed by atoms with Gasteiger partial charge in [-0.3, -0.25) is 9.36 Å². The second kappa shape index (κ2) is 9.43. The van der Waals surface area contributed by atoms with Gasteiger partial charge in [0.2, 0.25) is 5.91 Å². The van der Waals surface area contributed by atoms with Gasteiger partial charge in [-0.2, -0.15) is 0 Å². The van der Waals surface area contributed by atoms with Crippen LogP contribution in [0, 0.1) is 5.82 Å². The fourth-order valence-electron chi connectivity index (χ4n) is 3.89. The first-order valence-electron chi connectivity index (χ1n) is 11.1. The zero-order chi connectivity index (χ0) is 22.8. The summed E-state index contributed by atoms with van der Waals surface area (Å²) in [6, 6.07) is 14.4. The first kappa shape index (κ1) is 21.8. The molecule has 172 valence electrons. The van der Waals surface area contributed by atoms with E-state index in [-0.39, 0.29) is 29.6 Å². The number of likely N-dealkylation sites (N-methyl/N-ethyl adjacent to an activating group) is 1. The predicted octanol–water partition coefficient (Wildman–Crippen LogP) is 4.20. The minimum atomic E-state index is -0.326. The van der Waals surface area contributed by atoms with Crippen molar-refractivity contribution >= 4 is 17.7 Å². The Morgan fingerprint density at radius 3 is 2.67 bits per heavy atom. The quantitative estimate of drug-likeness (QED) is 0.462. The summed E-state index contributed by atoms with van der Waals surface area (Å²) in [7, 11) is 0. The molecule has 1 saturated carbocycles. The van der Waals surface area contributed by atoms with Crippen LogP contribution in [-0.2, 0) is 4.79 Å². The van der Waals surface area contributed by atoms with Crippen molar-refractivity contribution in [2.45, 2.75) is 37.1 Å². The zero-order valence-electron chi connectivity index (χ0n) is 18.3. The Kier molecular flexibility index (Phi) is 6.22. The SMILES string of the molecule is CCN(C[C@H]1COc2ccccc2O1)C(=O)CSc1nnc(-c2ccccc2F)n1C1CC1. The third kappa shape index (κ3) is 4.68. The maximum Gasteiger partial charge on any atom is 0.233 e. The van der Waals surface area contributed by atoms with E-state index in [1.807, 2.05) is 35.8 Å². The minimum Gasteiger partial charge on any atom is -0.486 e. The molecule has 9 heteroatoms. The molecule has 0 bridgehead atoms. The monoisotopic (exact) mass is 468 g/mol. The van der Waals surface area contributed by atoms with Crippen LogP contribution >= 0.6 is 11.8 Å². The van der Waals surface area contributed by atoms with Crippen LogP contribution < -0.4 is 9.47 Å². The number of hydrogen-bond donors (Lipinski definition) is 0. The Bertz CT molecular complexity index is 1150. The van der Waals surface area contributed by atoms with E-state index in [1.54, 1.807) is 23.1 Å². The van der Waals surface area contributed by atoms with E-state index in [0.29, 0.717) is 42.0 Å². The lowest BCUT2D eigenvalue weighted by atomic mass is 10.2. The standard InChI is InChI=1S/C24H25FN4O3S/c1-2-28(13-17-14-31-20-9-5-6-10-21(20)32-17)22(30)15-33-24-27-26-23(29(24)16-11-12-16)18-7-3-4-8-19(18)25/h3-10,16-17H,2,11-15H2,1H3/t17-/m0/s1.